The molecule has 0 bridgehead atoms. The third kappa shape index (κ3) is 3.07. The van der Waals surface area contributed by atoms with E-state index in [1.807, 2.05) is 13.0 Å². The highest BCUT2D eigenvalue weighted by Gasteiger charge is 2.18. The summed E-state index contributed by atoms with van der Waals surface area (Å²) in [7, 11) is 0. The molecule has 0 unspecified atom stereocenters. The van der Waals surface area contributed by atoms with E-state index in [-0.39, 0.29) is 5.82 Å². The van der Waals surface area contributed by atoms with Gasteiger partial charge in [0, 0.05) is 43.3 Å². The van der Waals surface area contributed by atoms with Crippen LogP contribution in [-0.4, -0.2) is 28.8 Å². The Balaban J connectivity index is 1.92. The predicted molar refractivity (Wildman–Crippen MR) is 78.6 cm³/mol. The van der Waals surface area contributed by atoms with Gasteiger partial charge in [-0.25, -0.2) is 14.4 Å². The Morgan fingerprint density at radius 1 is 1.10 bits per heavy atom. The van der Waals surface area contributed by atoms with Crippen LogP contribution in [0.25, 0.3) is 11.4 Å². The van der Waals surface area contributed by atoms with E-state index in [1.165, 1.54) is 12.1 Å². The molecule has 2 aromatic rings. The summed E-state index contributed by atoms with van der Waals surface area (Å²) in [4.78, 5) is 22.4. The quantitative estimate of drug-likeness (QED) is 0.851. The second-order valence-corrected chi connectivity index (χ2v) is 5.22. The first-order valence-corrected chi connectivity index (χ1v) is 7.00. The minimum Gasteiger partial charge on any atom is -0.356 e. The summed E-state index contributed by atoms with van der Waals surface area (Å²) in [5, 5.41) is 0. The van der Waals surface area contributed by atoms with Crippen LogP contribution in [0.3, 0.4) is 0 Å². The zero-order valence-electron chi connectivity index (χ0n) is 11.8. The van der Waals surface area contributed by atoms with Gasteiger partial charge in [-0.05, 0) is 31.2 Å². The number of halogens is 1. The van der Waals surface area contributed by atoms with Gasteiger partial charge in [0.1, 0.15) is 17.4 Å². The van der Waals surface area contributed by atoms with Crippen LogP contribution in [0.5, 0.6) is 0 Å². The number of aryl methyl sites for hydroxylation is 1. The van der Waals surface area contributed by atoms with Gasteiger partial charge in [0.05, 0.1) is 0 Å². The second-order valence-electron chi connectivity index (χ2n) is 5.22. The summed E-state index contributed by atoms with van der Waals surface area (Å²) >= 11 is 0. The van der Waals surface area contributed by atoms with Crippen LogP contribution in [0.15, 0.2) is 30.3 Å². The molecule has 5 heteroatoms. The van der Waals surface area contributed by atoms with Crippen molar-refractivity contribution in [3.8, 4) is 11.4 Å². The van der Waals surface area contributed by atoms with Crippen molar-refractivity contribution in [2.75, 3.05) is 18.0 Å². The van der Waals surface area contributed by atoms with Crippen LogP contribution in [-0.2, 0) is 4.79 Å². The van der Waals surface area contributed by atoms with Crippen molar-refractivity contribution in [3.63, 3.8) is 0 Å². The highest BCUT2D eigenvalue weighted by Crippen LogP contribution is 2.22. The minimum atomic E-state index is -0.277. The van der Waals surface area contributed by atoms with Gasteiger partial charge >= 0.3 is 0 Å². The number of piperidine rings is 1. The summed E-state index contributed by atoms with van der Waals surface area (Å²) in [6, 6.07) is 8.07. The van der Waals surface area contributed by atoms with Crippen molar-refractivity contribution in [2.45, 2.75) is 19.8 Å². The van der Waals surface area contributed by atoms with Crippen LogP contribution in [0.2, 0.25) is 0 Å². The number of hydrogen-bond acceptors (Lipinski definition) is 4. The number of Topliss-reactive ketones (excluding diaryl/α,β-unsaturated/α-hetero) is 1. The molecule has 0 saturated carbocycles. The second kappa shape index (κ2) is 5.60. The molecule has 1 aromatic carbocycles. The first-order chi connectivity index (χ1) is 10.1. The van der Waals surface area contributed by atoms with Crippen LogP contribution < -0.4 is 4.90 Å². The van der Waals surface area contributed by atoms with Gasteiger partial charge in [-0.15, -0.1) is 0 Å². The molecule has 0 radical (unpaired) electrons. The molecule has 3 rings (SSSR count). The van der Waals surface area contributed by atoms with Gasteiger partial charge in [0.15, 0.2) is 5.82 Å². The molecule has 1 aliphatic heterocycles. The van der Waals surface area contributed by atoms with Crippen LogP contribution >= 0.6 is 0 Å². The summed E-state index contributed by atoms with van der Waals surface area (Å²) in [6.07, 6.45) is 1.13. The number of benzene rings is 1. The lowest BCUT2D eigenvalue weighted by Crippen LogP contribution is -2.34. The number of carbonyl (C=O) groups is 1. The molecular weight excluding hydrogens is 269 g/mol. The summed E-state index contributed by atoms with van der Waals surface area (Å²) < 4.78 is 13.0. The smallest absolute Gasteiger partial charge is 0.161 e. The topological polar surface area (TPSA) is 46.1 Å². The molecular formula is C16H16FN3O. The summed E-state index contributed by atoms with van der Waals surface area (Å²) in [5.74, 6) is 1.44. The van der Waals surface area contributed by atoms with Gasteiger partial charge < -0.3 is 4.90 Å². The molecule has 1 aromatic heterocycles. The maximum absolute atomic E-state index is 13.0. The summed E-state index contributed by atoms with van der Waals surface area (Å²) in [6.45, 7) is 3.30. The predicted octanol–water partition coefficient (Wildman–Crippen LogP) is 2.76. The SMILES string of the molecule is Cc1cc(N2CCC(=O)CC2)nc(-c2ccc(F)cc2)n1. The maximum atomic E-state index is 13.0. The fraction of sp³-hybridized carbons (Fsp3) is 0.312. The number of nitrogens with zero attached hydrogens (tertiary/aromatic N) is 3. The normalized spacial score (nSPS) is 15.3. The zero-order chi connectivity index (χ0) is 14.8. The van der Waals surface area contributed by atoms with E-state index in [0.29, 0.717) is 37.5 Å². The third-order valence-electron chi connectivity index (χ3n) is 3.59. The zero-order valence-corrected chi connectivity index (χ0v) is 11.8. The molecule has 0 atom stereocenters. The van der Waals surface area contributed by atoms with E-state index in [9.17, 15) is 9.18 Å². The monoisotopic (exact) mass is 285 g/mol. The Morgan fingerprint density at radius 2 is 1.76 bits per heavy atom. The molecule has 0 aliphatic carbocycles. The lowest BCUT2D eigenvalue weighted by Gasteiger charge is -2.27. The molecule has 0 N–H and O–H groups in total. The Kier molecular flexibility index (Phi) is 3.64. The molecule has 2 heterocycles. The fourth-order valence-corrected chi connectivity index (χ4v) is 2.43. The molecule has 0 amide bonds. The number of carbonyl (C=O) groups excluding carboxylic acids is 1. The van der Waals surface area contributed by atoms with E-state index < -0.39 is 0 Å². The standard InChI is InChI=1S/C16H16FN3O/c1-11-10-15(20-8-6-14(21)7-9-20)19-16(18-11)12-2-4-13(17)5-3-12/h2-5,10H,6-9H2,1H3. The van der Waals surface area contributed by atoms with E-state index in [1.54, 1.807) is 12.1 Å². The lowest BCUT2D eigenvalue weighted by molar-refractivity contribution is -0.119. The number of hydrogen-bond donors (Lipinski definition) is 0. The number of rotatable bonds is 2. The number of aromatic nitrogens is 2. The molecule has 4 nitrogen and oxygen atoms in total. The van der Waals surface area contributed by atoms with Gasteiger partial charge in [0.2, 0.25) is 0 Å². The van der Waals surface area contributed by atoms with Gasteiger partial charge in [-0.3, -0.25) is 4.79 Å². The average Bonchev–Trinajstić information content (AvgIpc) is 2.48. The van der Waals surface area contributed by atoms with Gasteiger partial charge in [0.25, 0.3) is 0 Å². The first kappa shape index (κ1) is 13.7. The van der Waals surface area contributed by atoms with Gasteiger partial charge in [-0.2, -0.15) is 0 Å². The Bertz CT molecular complexity index is 660. The lowest BCUT2D eigenvalue weighted by atomic mass is 10.1. The largest absolute Gasteiger partial charge is 0.356 e. The third-order valence-corrected chi connectivity index (χ3v) is 3.59. The average molecular weight is 285 g/mol. The Hall–Kier alpha value is -2.30. The van der Waals surface area contributed by atoms with Crippen molar-refractivity contribution in [2.24, 2.45) is 0 Å². The number of anilines is 1. The first-order valence-electron chi connectivity index (χ1n) is 7.00. The minimum absolute atomic E-state index is 0.277. The van der Waals surface area contributed by atoms with Crippen LogP contribution in [0.1, 0.15) is 18.5 Å². The molecule has 108 valence electrons. The molecule has 1 saturated heterocycles. The van der Waals surface area contributed by atoms with Crippen molar-refractivity contribution in [3.05, 3.63) is 41.8 Å². The van der Waals surface area contributed by atoms with Crippen molar-refractivity contribution < 1.29 is 9.18 Å². The molecule has 0 spiro atoms. The van der Waals surface area contributed by atoms with Crippen molar-refractivity contribution in [1.29, 1.82) is 0 Å². The highest BCUT2D eigenvalue weighted by molar-refractivity contribution is 5.80. The molecule has 1 fully saturated rings. The molecule has 21 heavy (non-hydrogen) atoms. The van der Waals surface area contributed by atoms with Crippen molar-refractivity contribution >= 4 is 11.6 Å². The van der Waals surface area contributed by atoms with E-state index >= 15 is 0 Å². The van der Waals surface area contributed by atoms with Crippen LogP contribution in [0, 0.1) is 12.7 Å². The van der Waals surface area contributed by atoms with Crippen LogP contribution in [0.4, 0.5) is 10.2 Å². The molecule has 1 aliphatic rings. The van der Waals surface area contributed by atoms with E-state index in [2.05, 4.69) is 14.9 Å². The van der Waals surface area contributed by atoms with Gasteiger partial charge in [-0.1, -0.05) is 0 Å². The Labute approximate surface area is 122 Å². The maximum Gasteiger partial charge on any atom is 0.161 e. The number of ketones is 1. The van der Waals surface area contributed by atoms with Crippen molar-refractivity contribution in [1.82, 2.24) is 9.97 Å². The summed E-state index contributed by atoms with van der Waals surface area (Å²) in [5.41, 5.74) is 1.64. The highest BCUT2D eigenvalue weighted by atomic mass is 19.1. The fourth-order valence-electron chi connectivity index (χ4n) is 2.43. The van der Waals surface area contributed by atoms with E-state index in [4.69, 9.17) is 0 Å². The Morgan fingerprint density at radius 3 is 2.43 bits per heavy atom. The van der Waals surface area contributed by atoms with E-state index in [0.717, 1.165) is 17.1 Å².